The molecule has 0 N–H and O–H groups in total. The zero-order valence-corrected chi connectivity index (χ0v) is 10.5. The molecule has 0 radical (unpaired) electrons. The molecule has 1 heterocycles. The molecule has 5 nitrogen and oxygen atoms in total. The fourth-order valence-corrected chi connectivity index (χ4v) is 2.19. The number of halogens is 2. The van der Waals surface area contributed by atoms with Gasteiger partial charge >= 0.3 is 5.69 Å². The van der Waals surface area contributed by atoms with Crippen LogP contribution in [0.5, 0.6) is 10.9 Å². The average molecular weight is 319 g/mol. The molecule has 0 fully saturated rings. The molecule has 17 heavy (non-hydrogen) atoms. The molecular formula is C9H4BrFN2O3S. The van der Waals surface area contributed by atoms with Gasteiger partial charge in [-0.15, -0.1) is 0 Å². The van der Waals surface area contributed by atoms with Crippen LogP contribution in [-0.2, 0) is 0 Å². The molecule has 0 aliphatic carbocycles. The standard InChI is InChI=1S/C9H4BrFN2O3S/c10-8-4-17-9(12-8)16-5-1-2-7(13(14)15)6(11)3-5/h1-4H. The van der Waals surface area contributed by atoms with Crippen LogP contribution in [0.4, 0.5) is 10.1 Å². The molecular weight excluding hydrogens is 315 g/mol. The normalized spacial score (nSPS) is 10.2. The zero-order chi connectivity index (χ0) is 12.4. The van der Waals surface area contributed by atoms with Gasteiger partial charge in [0.2, 0.25) is 5.82 Å². The predicted molar refractivity (Wildman–Crippen MR) is 62.9 cm³/mol. The van der Waals surface area contributed by atoms with E-state index in [1.54, 1.807) is 5.38 Å². The van der Waals surface area contributed by atoms with Crippen molar-refractivity contribution in [3.8, 4) is 10.9 Å². The third-order valence-electron chi connectivity index (χ3n) is 1.78. The van der Waals surface area contributed by atoms with Crippen molar-refractivity contribution in [3.05, 3.63) is 44.1 Å². The van der Waals surface area contributed by atoms with E-state index in [-0.39, 0.29) is 5.75 Å². The van der Waals surface area contributed by atoms with E-state index in [0.29, 0.717) is 9.80 Å². The van der Waals surface area contributed by atoms with Gasteiger partial charge in [-0.05, 0) is 22.0 Å². The molecule has 0 saturated carbocycles. The van der Waals surface area contributed by atoms with Crippen LogP contribution in [0.1, 0.15) is 0 Å². The second-order valence-electron chi connectivity index (χ2n) is 2.91. The highest BCUT2D eigenvalue weighted by Crippen LogP contribution is 2.29. The van der Waals surface area contributed by atoms with Crippen molar-refractivity contribution >= 4 is 33.0 Å². The van der Waals surface area contributed by atoms with Crippen molar-refractivity contribution in [2.45, 2.75) is 0 Å². The minimum Gasteiger partial charge on any atom is -0.431 e. The van der Waals surface area contributed by atoms with Gasteiger partial charge in [0.15, 0.2) is 0 Å². The first-order chi connectivity index (χ1) is 8.06. The smallest absolute Gasteiger partial charge is 0.305 e. The van der Waals surface area contributed by atoms with Crippen molar-refractivity contribution in [2.75, 3.05) is 0 Å². The van der Waals surface area contributed by atoms with Gasteiger partial charge in [0, 0.05) is 17.5 Å². The molecule has 0 aliphatic heterocycles. The van der Waals surface area contributed by atoms with E-state index >= 15 is 0 Å². The van der Waals surface area contributed by atoms with Gasteiger partial charge in [-0.1, -0.05) is 11.3 Å². The minimum absolute atomic E-state index is 0.162. The second kappa shape index (κ2) is 4.76. The van der Waals surface area contributed by atoms with E-state index in [1.807, 2.05) is 0 Å². The number of hydrogen-bond donors (Lipinski definition) is 0. The third-order valence-corrected chi connectivity index (χ3v) is 3.20. The average Bonchev–Trinajstić information content (AvgIpc) is 2.63. The minimum atomic E-state index is -0.942. The van der Waals surface area contributed by atoms with Gasteiger partial charge in [0.1, 0.15) is 10.4 Å². The highest BCUT2D eigenvalue weighted by molar-refractivity contribution is 9.10. The van der Waals surface area contributed by atoms with Crippen molar-refractivity contribution in [2.24, 2.45) is 0 Å². The van der Waals surface area contributed by atoms with Gasteiger partial charge in [-0.25, -0.2) is 0 Å². The molecule has 0 aliphatic rings. The zero-order valence-electron chi connectivity index (χ0n) is 8.09. The molecule has 0 unspecified atom stereocenters. The molecule has 2 rings (SSSR count). The van der Waals surface area contributed by atoms with E-state index in [4.69, 9.17) is 4.74 Å². The van der Waals surface area contributed by atoms with E-state index in [1.165, 1.54) is 17.4 Å². The van der Waals surface area contributed by atoms with Crippen LogP contribution >= 0.6 is 27.3 Å². The van der Waals surface area contributed by atoms with Crippen LogP contribution in [0.25, 0.3) is 0 Å². The topological polar surface area (TPSA) is 65.3 Å². The number of nitro groups is 1. The summed E-state index contributed by atoms with van der Waals surface area (Å²) in [6.07, 6.45) is 0. The second-order valence-corrected chi connectivity index (χ2v) is 4.54. The van der Waals surface area contributed by atoms with Gasteiger partial charge < -0.3 is 4.74 Å². The fraction of sp³-hybridized carbons (Fsp3) is 0. The van der Waals surface area contributed by atoms with Gasteiger partial charge in [0.25, 0.3) is 5.19 Å². The van der Waals surface area contributed by atoms with Crippen LogP contribution < -0.4 is 4.74 Å². The molecule has 2 aromatic rings. The molecule has 0 spiro atoms. The fourth-order valence-electron chi connectivity index (χ4n) is 1.09. The Balaban J connectivity index is 2.23. The Morgan fingerprint density at radius 3 is 2.82 bits per heavy atom. The van der Waals surface area contributed by atoms with Crippen LogP contribution in [0.2, 0.25) is 0 Å². The molecule has 0 atom stereocenters. The van der Waals surface area contributed by atoms with Crippen molar-refractivity contribution in [1.29, 1.82) is 0 Å². The van der Waals surface area contributed by atoms with Crippen LogP contribution in [-0.4, -0.2) is 9.91 Å². The molecule has 1 aromatic heterocycles. The van der Waals surface area contributed by atoms with Gasteiger partial charge in [-0.2, -0.15) is 9.37 Å². The largest absolute Gasteiger partial charge is 0.431 e. The lowest BCUT2D eigenvalue weighted by Gasteiger charge is -2.01. The highest BCUT2D eigenvalue weighted by Gasteiger charge is 2.15. The Morgan fingerprint density at radius 1 is 1.53 bits per heavy atom. The highest BCUT2D eigenvalue weighted by atomic mass is 79.9. The Hall–Kier alpha value is -1.54. The molecule has 88 valence electrons. The summed E-state index contributed by atoms with van der Waals surface area (Å²) in [5.41, 5.74) is -0.585. The monoisotopic (exact) mass is 318 g/mol. The molecule has 0 bridgehead atoms. The lowest BCUT2D eigenvalue weighted by Crippen LogP contribution is -1.93. The van der Waals surface area contributed by atoms with Crippen molar-refractivity contribution < 1.29 is 14.1 Å². The summed E-state index contributed by atoms with van der Waals surface area (Å²) in [4.78, 5) is 13.6. The maximum absolute atomic E-state index is 13.3. The summed E-state index contributed by atoms with van der Waals surface area (Å²) in [5.74, 6) is -0.780. The predicted octanol–water partition coefficient (Wildman–Crippen LogP) is 3.75. The third kappa shape index (κ3) is 2.77. The van der Waals surface area contributed by atoms with Crippen LogP contribution in [0.3, 0.4) is 0 Å². The summed E-state index contributed by atoms with van der Waals surface area (Å²) in [5, 5.41) is 12.4. The number of hydrogen-bond acceptors (Lipinski definition) is 5. The number of nitro benzene ring substituents is 1. The van der Waals surface area contributed by atoms with Crippen molar-refractivity contribution in [3.63, 3.8) is 0 Å². The first-order valence-electron chi connectivity index (χ1n) is 4.29. The Labute approximate surface area is 107 Å². The number of nitrogens with zero attached hydrogens (tertiary/aromatic N) is 2. The number of thiazole rings is 1. The first-order valence-corrected chi connectivity index (χ1v) is 5.96. The maximum Gasteiger partial charge on any atom is 0.305 e. The SMILES string of the molecule is O=[N+]([O-])c1ccc(Oc2nc(Br)cs2)cc1F. The summed E-state index contributed by atoms with van der Waals surface area (Å²) >= 11 is 4.37. The lowest BCUT2D eigenvalue weighted by atomic mass is 10.3. The molecule has 1 aromatic carbocycles. The van der Waals surface area contributed by atoms with Crippen LogP contribution in [0.15, 0.2) is 28.2 Å². The number of rotatable bonds is 3. The van der Waals surface area contributed by atoms with E-state index in [9.17, 15) is 14.5 Å². The summed E-state index contributed by atoms with van der Waals surface area (Å²) in [6, 6.07) is 3.32. The summed E-state index contributed by atoms with van der Waals surface area (Å²) in [6.45, 7) is 0. The summed E-state index contributed by atoms with van der Waals surface area (Å²) in [7, 11) is 0. The molecule has 8 heteroatoms. The summed E-state index contributed by atoms with van der Waals surface area (Å²) < 4.78 is 19.1. The van der Waals surface area contributed by atoms with E-state index in [0.717, 1.165) is 12.1 Å². The van der Waals surface area contributed by atoms with Crippen LogP contribution in [0, 0.1) is 15.9 Å². The molecule has 0 saturated heterocycles. The Kier molecular flexibility index (Phi) is 3.34. The lowest BCUT2D eigenvalue weighted by molar-refractivity contribution is -0.387. The van der Waals surface area contributed by atoms with E-state index < -0.39 is 16.4 Å². The quantitative estimate of drug-likeness (QED) is 0.638. The number of aromatic nitrogens is 1. The Morgan fingerprint density at radius 2 is 2.29 bits per heavy atom. The van der Waals surface area contributed by atoms with Crippen molar-refractivity contribution in [1.82, 2.24) is 4.98 Å². The number of ether oxygens (including phenoxy) is 1. The maximum atomic E-state index is 13.3. The number of benzene rings is 1. The molecule has 0 amide bonds. The van der Waals surface area contributed by atoms with Gasteiger partial charge in [-0.3, -0.25) is 10.1 Å². The van der Waals surface area contributed by atoms with E-state index in [2.05, 4.69) is 20.9 Å². The first kappa shape index (κ1) is 11.9. The van der Waals surface area contributed by atoms with Gasteiger partial charge in [0.05, 0.1) is 4.92 Å². The Bertz CT molecular complexity index is 575.